The molecule has 0 saturated carbocycles. The zero-order valence-corrected chi connectivity index (χ0v) is 16.6. The van der Waals surface area contributed by atoms with E-state index >= 15 is 0 Å². The first-order valence-electron chi connectivity index (χ1n) is 9.93. The molecule has 30 heavy (non-hydrogen) atoms. The predicted molar refractivity (Wildman–Crippen MR) is 118 cm³/mol. The van der Waals surface area contributed by atoms with E-state index in [-0.39, 0.29) is 0 Å². The summed E-state index contributed by atoms with van der Waals surface area (Å²) < 4.78 is 5.84. The lowest BCUT2D eigenvalue weighted by Crippen LogP contribution is -2.25. The third-order valence-corrected chi connectivity index (χ3v) is 5.09. The highest BCUT2D eigenvalue weighted by Crippen LogP contribution is 2.37. The van der Waals surface area contributed by atoms with Crippen LogP contribution in [0.4, 0.5) is 23.1 Å². The Balaban J connectivity index is 1.33. The quantitative estimate of drug-likeness (QED) is 0.482. The second-order valence-corrected chi connectivity index (χ2v) is 7.25. The van der Waals surface area contributed by atoms with Gasteiger partial charge in [-0.1, -0.05) is 36.4 Å². The van der Waals surface area contributed by atoms with Gasteiger partial charge in [-0.2, -0.15) is 10.1 Å². The van der Waals surface area contributed by atoms with Crippen molar-refractivity contribution in [3.05, 3.63) is 90.6 Å². The van der Waals surface area contributed by atoms with Crippen LogP contribution in [0.2, 0.25) is 0 Å². The molecule has 0 saturated heterocycles. The molecule has 0 radical (unpaired) electrons. The van der Waals surface area contributed by atoms with Crippen LogP contribution in [0.1, 0.15) is 12.5 Å². The van der Waals surface area contributed by atoms with E-state index in [9.17, 15) is 0 Å². The van der Waals surface area contributed by atoms with E-state index in [4.69, 9.17) is 9.72 Å². The molecule has 0 fully saturated rings. The van der Waals surface area contributed by atoms with E-state index in [1.165, 1.54) is 11.3 Å². The van der Waals surface area contributed by atoms with Crippen LogP contribution >= 0.6 is 0 Å². The van der Waals surface area contributed by atoms with Crippen LogP contribution in [0.3, 0.4) is 0 Å². The van der Waals surface area contributed by atoms with Gasteiger partial charge in [0.25, 0.3) is 0 Å². The van der Waals surface area contributed by atoms with Crippen molar-refractivity contribution < 1.29 is 4.74 Å². The number of rotatable bonds is 5. The number of nitrogens with zero attached hydrogens (tertiary/aromatic N) is 4. The molecule has 0 spiro atoms. The van der Waals surface area contributed by atoms with E-state index in [0.717, 1.165) is 29.4 Å². The average molecular weight is 395 g/mol. The maximum absolute atomic E-state index is 5.84. The molecule has 2 heterocycles. The highest BCUT2D eigenvalue weighted by molar-refractivity contribution is 5.69. The Morgan fingerprint density at radius 1 is 0.900 bits per heavy atom. The molecule has 0 amide bonds. The fraction of sp³-hybridized carbons (Fsp3) is 0.125. The zero-order valence-electron chi connectivity index (χ0n) is 16.6. The first kappa shape index (κ1) is 18.1. The Morgan fingerprint density at radius 3 is 2.47 bits per heavy atom. The average Bonchev–Trinajstić information content (AvgIpc) is 3.12. The summed E-state index contributed by atoms with van der Waals surface area (Å²) in [4.78, 5) is 6.91. The fourth-order valence-corrected chi connectivity index (χ4v) is 3.74. The number of para-hydroxylation sites is 2. The lowest BCUT2D eigenvalue weighted by atomic mass is 10.1. The van der Waals surface area contributed by atoms with Gasteiger partial charge in [-0.3, -0.25) is 0 Å². The molecule has 3 aromatic carbocycles. The second kappa shape index (κ2) is 7.83. The molecular formula is C24H21N5O. The molecule has 1 atom stereocenters. The first-order valence-corrected chi connectivity index (χ1v) is 9.93. The fourth-order valence-electron chi connectivity index (χ4n) is 3.74. The molecule has 4 aromatic rings. The van der Waals surface area contributed by atoms with Crippen molar-refractivity contribution in [2.45, 2.75) is 19.4 Å². The predicted octanol–water partition coefficient (Wildman–Crippen LogP) is 5.49. The monoisotopic (exact) mass is 395 g/mol. The van der Waals surface area contributed by atoms with Gasteiger partial charge >= 0.3 is 0 Å². The Hall–Kier alpha value is -3.93. The van der Waals surface area contributed by atoms with Crippen LogP contribution in [0.15, 0.2) is 85.1 Å². The number of ether oxygens (including phenoxy) is 1. The van der Waals surface area contributed by atoms with Crippen LogP contribution < -0.4 is 15.0 Å². The van der Waals surface area contributed by atoms with E-state index in [2.05, 4.69) is 51.6 Å². The number of hydrogen-bond acceptors (Lipinski definition) is 6. The second-order valence-electron chi connectivity index (χ2n) is 7.25. The Kier molecular flexibility index (Phi) is 4.73. The summed E-state index contributed by atoms with van der Waals surface area (Å²) in [5.74, 6) is 2.82. The van der Waals surface area contributed by atoms with Crippen molar-refractivity contribution in [1.82, 2.24) is 15.2 Å². The SMILES string of the molecule is CC1Cc2ccccc2N1c1cnnc(Nc2ccc(Oc3ccccc3)cc2)n1. The molecule has 0 bridgehead atoms. The standard InChI is InChI=1S/C24H21N5O/c1-17-15-18-7-5-6-10-22(18)29(17)23-16-25-28-24(27-23)26-19-11-13-21(14-12-19)30-20-8-3-2-4-9-20/h2-14,16-17H,15H2,1H3,(H,26,27,28). The Morgan fingerprint density at radius 2 is 1.63 bits per heavy atom. The maximum Gasteiger partial charge on any atom is 0.249 e. The summed E-state index contributed by atoms with van der Waals surface area (Å²) in [6, 6.07) is 26.1. The van der Waals surface area contributed by atoms with Gasteiger partial charge in [-0.25, -0.2) is 0 Å². The number of hydrogen-bond donors (Lipinski definition) is 1. The molecule has 1 N–H and O–H groups in total. The molecule has 1 aliphatic heterocycles. The van der Waals surface area contributed by atoms with Gasteiger partial charge in [0.1, 0.15) is 11.5 Å². The van der Waals surface area contributed by atoms with Gasteiger partial charge in [0, 0.05) is 17.4 Å². The van der Waals surface area contributed by atoms with Crippen molar-refractivity contribution in [3.8, 4) is 11.5 Å². The van der Waals surface area contributed by atoms with Crippen LogP contribution in [0.5, 0.6) is 11.5 Å². The minimum atomic E-state index is 0.321. The largest absolute Gasteiger partial charge is 0.457 e. The van der Waals surface area contributed by atoms with Crippen molar-refractivity contribution in [1.29, 1.82) is 0 Å². The van der Waals surface area contributed by atoms with Crippen LogP contribution in [-0.4, -0.2) is 21.2 Å². The first-order chi connectivity index (χ1) is 14.8. The van der Waals surface area contributed by atoms with Crippen molar-refractivity contribution >= 4 is 23.1 Å². The van der Waals surface area contributed by atoms with Gasteiger partial charge in [0.15, 0.2) is 5.82 Å². The van der Waals surface area contributed by atoms with E-state index in [1.54, 1.807) is 6.20 Å². The third-order valence-electron chi connectivity index (χ3n) is 5.09. The Labute approximate surface area is 175 Å². The van der Waals surface area contributed by atoms with E-state index in [0.29, 0.717) is 12.0 Å². The van der Waals surface area contributed by atoms with Gasteiger partial charge in [-0.15, -0.1) is 5.10 Å². The van der Waals surface area contributed by atoms with Crippen molar-refractivity contribution in [2.75, 3.05) is 10.2 Å². The van der Waals surface area contributed by atoms with Crippen LogP contribution in [0.25, 0.3) is 0 Å². The number of nitrogens with one attached hydrogen (secondary N) is 1. The van der Waals surface area contributed by atoms with Gasteiger partial charge < -0.3 is 15.0 Å². The molecule has 0 aliphatic carbocycles. The summed E-state index contributed by atoms with van der Waals surface area (Å²) in [7, 11) is 0. The van der Waals surface area contributed by atoms with Crippen molar-refractivity contribution in [2.24, 2.45) is 0 Å². The summed E-state index contributed by atoms with van der Waals surface area (Å²) >= 11 is 0. The summed E-state index contributed by atoms with van der Waals surface area (Å²) in [6.45, 7) is 2.20. The number of fused-ring (bicyclic) bond motifs is 1. The molecule has 1 unspecified atom stereocenters. The molecule has 6 heteroatoms. The molecule has 1 aromatic heterocycles. The number of benzene rings is 3. The van der Waals surface area contributed by atoms with Crippen LogP contribution in [-0.2, 0) is 6.42 Å². The molecule has 5 rings (SSSR count). The lowest BCUT2D eigenvalue weighted by molar-refractivity contribution is 0.483. The molecule has 148 valence electrons. The minimum Gasteiger partial charge on any atom is -0.457 e. The lowest BCUT2D eigenvalue weighted by Gasteiger charge is -2.23. The highest BCUT2D eigenvalue weighted by Gasteiger charge is 2.28. The zero-order chi connectivity index (χ0) is 20.3. The number of aromatic nitrogens is 3. The van der Waals surface area contributed by atoms with Gasteiger partial charge in [0.2, 0.25) is 5.95 Å². The summed E-state index contributed by atoms with van der Waals surface area (Å²) in [6.07, 6.45) is 2.70. The minimum absolute atomic E-state index is 0.321. The van der Waals surface area contributed by atoms with E-state index < -0.39 is 0 Å². The molecule has 1 aliphatic rings. The summed E-state index contributed by atoms with van der Waals surface area (Å²) in [5.41, 5.74) is 3.37. The van der Waals surface area contributed by atoms with Gasteiger partial charge in [0.05, 0.1) is 6.20 Å². The van der Waals surface area contributed by atoms with Gasteiger partial charge in [-0.05, 0) is 61.4 Å². The maximum atomic E-state index is 5.84. The molecular weight excluding hydrogens is 374 g/mol. The normalized spacial score (nSPS) is 15.0. The third kappa shape index (κ3) is 3.67. The smallest absolute Gasteiger partial charge is 0.249 e. The topological polar surface area (TPSA) is 63.2 Å². The van der Waals surface area contributed by atoms with E-state index in [1.807, 2.05) is 54.6 Å². The highest BCUT2D eigenvalue weighted by atomic mass is 16.5. The Bertz CT molecular complexity index is 1150. The molecule has 6 nitrogen and oxygen atoms in total. The number of anilines is 4. The summed E-state index contributed by atoms with van der Waals surface area (Å²) in [5, 5.41) is 11.5. The van der Waals surface area contributed by atoms with Crippen molar-refractivity contribution in [3.63, 3.8) is 0 Å². The van der Waals surface area contributed by atoms with Crippen LogP contribution in [0, 0.1) is 0 Å².